The quantitative estimate of drug-likeness (QED) is 0.824. The van der Waals surface area contributed by atoms with Crippen molar-refractivity contribution in [1.29, 1.82) is 0 Å². The summed E-state index contributed by atoms with van der Waals surface area (Å²) in [4.78, 5) is 22.5. The monoisotopic (exact) mass is 313 g/mol. The molecule has 0 aromatic heterocycles. The third-order valence-electron chi connectivity index (χ3n) is 3.36. The van der Waals surface area contributed by atoms with E-state index in [0.29, 0.717) is 17.9 Å². The van der Waals surface area contributed by atoms with Gasteiger partial charge in [0.2, 0.25) is 0 Å². The Bertz CT molecular complexity index is 662. The summed E-state index contributed by atoms with van der Waals surface area (Å²) in [5.41, 5.74) is 2.73. The number of nitrogens with one attached hydrogen (secondary N) is 1. The maximum Gasteiger partial charge on any atom is 0.341 e. The fourth-order valence-corrected chi connectivity index (χ4v) is 2.02. The topological polar surface area (TPSA) is 75.6 Å². The molecule has 0 saturated carbocycles. The fourth-order valence-electron chi connectivity index (χ4n) is 2.02. The zero-order valence-electron chi connectivity index (χ0n) is 12.9. The first kappa shape index (κ1) is 16.5. The van der Waals surface area contributed by atoms with Crippen molar-refractivity contribution in [3.05, 3.63) is 65.2 Å². The summed E-state index contributed by atoms with van der Waals surface area (Å²) in [5.74, 6) is -0.660. The van der Waals surface area contributed by atoms with Gasteiger partial charge in [-0.1, -0.05) is 31.2 Å². The number of carbonyl (C=O) groups is 2. The van der Waals surface area contributed by atoms with Gasteiger partial charge in [0, 0.05) is 12.1 Å². The molecular weight excluding hydrogens is 294 g/mol. The minimum atomic E-state index is -1.02. The normalized spacial score (nSPS) is 10.1. The third kappa shape index (κ3) is 5.14. The second-order valence-corrected chi connectivity index (χ2v) is 5.06. The largest absolute Gasteiger partial charge is 0.482 e. The summed E-state index contributed by atoms with van der Waals surface area (Å²) in [7, 11) is 0. The van der Waals surface area contributed by atoms with Crippen molar-refractivity contribution in [2.24, 2.45) is 0 Å². The van der Waals surface area contributed by atoms with E-state index in [-0.39, 0.29) is 12.5 Å². The average Bonchev–Trinajstić information content (AvgIpc) is 2.58. The Balaban J connectivity index is 1.87. The molecule has 23 heavy (non-hydrogen) atoms. The number of hydrogen-bond acceptors (Lipinski definition) is 3. The van der Waals surface area contributed by atoms with Gasteiger partial charge in [0.15, 0.2) is 6.61 Å². The Morgan fingerprint density at radius 2 is 1.61 bits per heavy atom. The van der Waals surface area contributed by atoms with E-state index in [2.05, 4.69) is 12.2 Å². The molecule has 0 unspecified atom stereocenters. The second-order valence-electron chi connectivity index (χ2n) is 5.06. The van der Waals surface area contributed by atoms with Crippen LogP contribution in [-0.2, 0) is 17.8 Å². The molecular formula is C18H19NO4. The van der Waals surface area contributed by atoms with Gasteiger partial charge in [0.1, 0.15) is 5.75 Å². The molecule has 0 bridgehead atoms. The molecule has 0 spiro atoms. The number of amides is 1. The van der Waals surface area contributed by atoms with Crippen molar-refractivity contribution < 1.29 is 19.4 Å². The first-order valence-corrected chi connectivity index (χ1v) is 7.39. The highest BCUT2D eigenvalue weighted by Gasteiger charge is 2.05. The van der Waals surface area contributed by atoms with E-state index in [1.54, 1.807) is 24.3 Å². The number of hydrogen-bond donors (Lipinski definition) is 2. The van der Waals surface area contributed by atoms with Crippen LogP contribution in [0, 0.1) is 0 Å². The smallest absolute Gasteiger partial charge is 0.341 e. The minimum absolute atomic E-state index is 0.126. The Labute approximate surface area is 134 Å². The molecule has 0 atom stereocenters. The van der Waals surface area contributed by atoms with Gasteiger partial charge >= 0.3 is 5.97 Å². The number of carboxylic acids is 1. The highest BCUT2D eigenvalue weighted by atomic mass is 16.5. The number of aliphatic carboxylic acids is 1. The summed E-state index contributed by atoms with van der Waals surface area (Å²) in [6, 6.07) is 14.5. The molecule has 120 valence electrons. The number of aryl methyl sites for hydroxylation is 1. The summed E-state index contributed by atoms with van der Waals surface area (Å²) in [5, 5.41) is 11.4. The fraction of sp³-hybridized carbons (Fsp3) is 0.222. The Hall–Kier alpha value is -2.82. The summed E-state index contributed by atoms with van der Waals surface area (Å²) in [6.07, 6.45) is 0.943. The number of carbonyl (C=O) groups excluding carboxylic acids is 1. The van der Waals surface area contributed by atoms with Crippen LogP contribution in [0.5, 0.6) is 5.75 Å². The Kier molecular flexibility index (Phi) is 5.74. The molecule has 0 aliphatic carbocycles. The molecule has 5 nitrogen and oxygen atoms in total. The van der Waals surface area contributed by atoms with Gasteiger partial charge in [-0.3, -0.25) is 4.79 Å². The molecule has 0 aliphatic rings. The van der Waals surface area contributed by atoms with E-state index in [1.165, 1.54) is 5.56 Å². The van der Waals surface area contributed by atoms with E-state index < -0.39 is 5.97 Å². The van der Waals surface area contributed by atoms with Gasteiger partial charge < -0.3 is 15.2 Å². The van der Waals surface area contributed by atoms with Gasteiger partial charge in [-0.2, -0.15) is 0 Å². The molecule has 0 heterocycles. The maximum absolute atomic E-state index is 12.1. The van der Waals surface area contributed by atoms with Gasteiger partial charge in [-0.15, -0.1) is 0 Å². The summed E-state index contributed by atoms with van der Waals surface area (Å²) in [6.45, 7) is 2.09. The first-order chi connectivity index (χ1) is 11.1. The summed E-state index contributed by atoms with van der Waals surface area (Å²) >= 11 is 0. The molecule has 0 saturated heterocycles. The minimum Gasteiger partial charge on any atom is -0.482 e. The molecule has 0 radical (unpaired) electrons. The van der Waals surface area contributed by atoms with Gasteiger partial charge in [-0.05, 0) is 41.8 Å². The molecule has 2 rings (SSSR count). The highest BCUT2D eigenvalue weighted by molar-refractivity contribution is 5.94. The molecule has 2 aromatic rings. The predicted octanol–water partition coefficient (Wildman–Crippen LogP) is 2.64. The first-order valence-electron chi connectivity index (χ1n) is 7.39. The van der Waals surface area contributed by atoms with Gasteiger partial charge in [0.05, 0.1) is 0 Å². The van der Waals surface area contributed by atoms with Crippen LogP contribution >= 0.6 is 0 Å². The van der Waals surface area contributed by atoms with Gasteiger partial charge in [-0.25, -0.2) is 4.79 Å². The second kappa shape index (κ2) is 7.98. The molecule has 0 aliphatic heterocycles. The zero-order chi connectivity index (χ0) is 16.7. The van der Waals surface area contributed by atoms with Crippen LogP contribution in [0.25, 0.3) is 0 Å². The standard InChI is InChI=1S/C18H19NO4/c1-2-13-3-7-15(8-4-13)18(22)19-11-14-5-9-16(10-6-14)23-12-17(20)21/h3-10H,2,11-12H2,1H3,(H,19,22)(H,20,21). The molecule has 1 amide bonds. The molecule has 2 N–H and O–H groups in total. The maximum atomic E-state index is 12.1. The lowest BCUT2D eigenvalue weighted by molar-refractivity contribution is -0.139. The van der Waals surface area contributed by atoms with Gasteiger partial charge in [0.25, 0.3) is 5.91 Å². The van der Waals surface area contributed by atoms with Crippen molar-refractivity contribution in [2.75, 3.05) is 6.61 Å². The van der Waals surface area contributed by atoms with Crippen molar-refractivity contribution in [1.82, 2.24) is 5.32 Å². The van der Waals surface area contributed by atoms with E-state index >= 15 is 0 Å². The van der Waals surface area contributed by atoms with Crippen LogP contribution in [0.3, 0.4) is 0 Å². The third-order valence-corrected chi connectivity index (χ3v) is 3.36. The number of carboxylic acid groups (broad SMARTS) is 1. The lowest BCUT2D eigenvalue weighted by atomic mass is 10.1. The van der Waals surface area contributed by atoms with Crippen molar-refractivity contribution >= 4 is 11.9 Å². The van der Waals surface area contributed by atoms with E-state index in [4.69, 9.17) is 9.84 Å². The van der Waals surface area contributed by atoms with Crippen LogP contribution in [0.4, 0.5) is 0 Å². The Morgan fingerprint density at radius 1 is 1.00 bits per heavy atom. The van der Waals surface area contributed by atoms with Crippen LogP contribution < -0.4 is 10.1 Å². The van der Waals surface area contributed by atoms with Crippen LogP contribution in [0.15, 0.2) is 48.5 Å². The average molecular weight is 313 g/mol. The lowest BCUT2D eigenvalue weighted by Crippen LogP contribution is -2.22. The van der Waals surface area contributed by atoms with E-state index in [9.17, 15) is 9.59 Å². The van der Waals surface area contributed by atoms with E-state index in [1.807, 2.05) is 24.3 Å². The van der Waals surface area contributed by atoms with Crippen molar-refractivity contribution in [3.63, 3.8) is 0 Å². The molecule has 0 fully saturated rings. The molecule has 5 heteroatoms. The SMILES string of the molecule is CCc1ccc(C(=O)NCc2ccc(OCC(=O)O)cc2)cc1. The van der Waals surface area contributed by atoms with Crippen LogP contribution in [0.1, 0.15) is 28.4 Å². The van der Waals surface area contributed by atoms with Crippen molar-refractivity contribution in [2.45, 2.75) is 19.9 Å². The number of ether oxygens (including phenoxy) is 1. The lowest BCUT2D eigenvalue weighted by Gasteiger charge is -2.07. The predicted molar refractivity (Wildman–Crippen MR) is 86.6 cm³/mol. The summed E-state index contributed by atoms with van der Waals surface area (Å²) < 4.78 is 5.05. The van der Waals surface area contributed by atoms with Crippen LogP contribution in [0.2, 0.25) is 0 Å². The van der Waals surface area contributed by atoms with Crippen LogP contribution in [-0.4, -0.2) is 23.6 Å². The Morgan fingerprint density at radius 3 is 2.17 bits per heavy atom. The highest BCUT2D eigenvalue weighted by Crippen LogP contribution is 2.12. The van der Waals surface area contributed by atoms with Crippen molar-refractivity contribution in [3.8, 4) is 5.75 Å². The number of benzene rings is 2. The number of rotatable bonds is 7. The molecule has 2 aromatic carbocycles. The zero-order valence-corrected chi connectivity index (χ0v) is 12.9. The van der Waals surface area contributed by atoms with E-state index in [0.717, 1.165) is 12.0 Å².